The third-order valence-corrected chi connectivity index (χ3v) is 4.44. The van der Waals surface area contributed by atoms with Crippen LogP contribution in [0.25, 0.3) is 0 Å². The summed E-state index contributed by atoms with van der Waals surface area (Å²) < 4.78 is 1.12. The minimum absolute atomic E-state index is 0.625. The molecular weight excluding hydrogens is 274 g/mol. The standard InChI is InChI=1S/C10H14BrN3S/c1-14(7-2-3-7)10(12)13-6-9-8(11)4-5-15-9/h4-5,7H,2-3,6H2,1H3,(H2,12,13). The van der Waals surface area contributed by atoms with Crippen molar-refractivity contribution >= 4 is 33.2 Å². The molecule has 0 saturated heterocycles. The molecule has 0 aliphatic heterocycles. The fourth-order valence-electron chi connectivity index (χ4n) is 1.35. The number of hydrogen-bond acceptors (Lipinski definition) is 2. The molecule has 0 bridgehead atoms. The Bertz CT molecular complexity index is 370. The Hall–Kier alpha value is -0.550. The van der Waals surface area contributed by atoms with Crippen LogP contribution in [-0.4, -0.2) is 23.9 Å². The highest BCUT2D eigenvalue weighted by molar-refractivity contribution is 9.10. The lowest BCUT2D eigenvalue weighted by Crippen LogP contribution is -2.35. The van der Waals surface area contributed by atoms with Crippen molar-refractivity contribution in [2.75, 3.05) is 7.05 Å². The second kappa shape index (κ2) is 4.53. The normalized spacial score (nSPS) is 16.8. The van der Waals surface area contributed by atoms with Gasteiger partial charge >= 0.3 is 0 Å². The molecule has 0 spiro atoms. The predicted molar refractivity (Wildman–Crippen MR) is 68.1 cm³/mol. The molecule has 1 heterocycles. The Balaban J connectivity index is 1.95. The van der Waals surface area contributed by atoms with Crippen molar-refractivity contribution in [1.29, 1.82) is 0 Å². The highest BCUT2D eigenvalue weighted by Gasteiger charge is 2.27. The molecule has 0 aromatic carbocycles. The van der Waals surface area contributed by atoms with E-state index in [1.807, 2.05) is 13.1 Å². The number of nitrogens with zero attached hydrogens (tertiary/aromatic N) is 2. The number of halogens is 1. The smallest absolute Gasteiger partial charge is 0.191 e. The molecule has 1 aliphatic rings. The fourth-order valence-corrected chi connectivity index (χ4v) is 2.75. The van der Waals surface area contributed by atoms with Crippen molar-refractivity contribution in [3.05, 3.63) is 20.8 Å². The van der Waals surface area contributed by atoms with Gasteiger partial charge in [-0.25, -0.2) is 4.99 Å². The van der Waals surface area contributed by atoms with E-state index in [0.717, 1.165) is 4.47 Å². The number of hydrogen-bond donors (Lipinski definition) is 1. The Labute approximate surface area is 102 Å². The Kier molecular flexibility index (Phi) is 3.31. The van der Waals surface area contributed by atoms with E-state index in [4.69, 9.17) is 5.73 Å². The minimum Gasteiger partial charge on any atom is -0.370 e. The fraction of sp³-hybridized carbons (Fsp3) is 0.500. The van der Waals surface area contributed by atoms with Crippen LogP contribution in [-0.2, 0) is 6.54 Å². The average molecular weight is 288 g/mol. The van der Waals surface area contributed by atoms with Crippen LogP contribution in [0.15, 0.2) is 20.9 Å². The molecule has 0 unspecified atom stereocenters. The van der Waals surface area contributed by atoms with Crippen LogP contribution >= 0.6 is 27.3 Å². The molecule has 1 saturated carbocycles. The molecule has 2 rings (SSSR count). The van der Waals surface area contributed by atoms with Gasteiger partial charge in [0.1, 0.15) is 0 Å². The number of rotatable bonds is 3. The first-order valence-electron chi connectivity index (χ1n) is 4.93. The van der Waals surface area contributed by atoms with Crippen LogP contribution in [0.5, 0.6) is 0 Å². The number of aliphatic imine (C=N–C) groups is 1. The van der Waals surface area contributed by atoms with E-state index >= 15 is 0 Å². The molecule has 3 nitrogen and oxygen atoms in total. The number of nitrogens with two attached hydrogens (primary N) is 1. The van der Waals surface area contributed by atoms with E-state index in [9.17, 15) is 0 Å². The van der Waals surface area contributed by atoms with E-state index in [0.29, 0.717) is 18.5 Å². The molecule has 1 aliphatic carbocycles. The van der Waals surface area contributed by atoms with Crippen molar-refractivity contribution < 1.29 is 0 Å². The van der Waals surface area contributed by atoms with Crippen molar-refractivity contribution in [3.8, 4) is 0 Å². The molecule has 82 valence electrons. The van der Waals surface area contributed by atoms with Gasteiger partial charge in [0.25, 0.3) is 0 Å². The summed E-state index contributed by atoms with van der Waals surface area (Å²) in [6.07, 6.45) is 2.49. The summed E-state index contributed by atoms with van der Waals surface area (Å²) in [5.74, 6) is 0.651. The highest BCUT2D eigenvalue weighted by Crippen LogP contribution is 2.26. The third kappa shape index (κ3) is 2.72. The minimum atomic E-state index is 0.625. The maximum absolute atomic E-state index is 5.89. The van der Waals surface area contributed by atoms with Crippen LogP contribution in [0.1, 0.15) is 17.7 Å². The Morgan fingerprint density at radius 1 is 1.73 bits per heavy atom. The second-order valence-corrected chi connectivity index (χ2v) is 5.56. The van der Waals surface area contributed by atoms with Gasteiger partial charge in [0, 0.05) is 22.4 Å². The van der Waals surface area contributed by atoms with Crippen molar-refractivity contribution in [3.63, 3.8) is 0 Å². The molecule has 2 N–H and O–H groups in total. The average Bonchev–Trinajstić information content (AvgIpc) is 2.99. The molecular formula is C10H14BrN3S. The topological polar surface area (TPSA) is 41.6 Å². The van der Waals surface area contributed by atoms with Gasteiger partial charge in [0.2, 0.25) is 0 Å². The highest BCUT2D eigenvalue weighted by atomic mass is 79.9. The first kappa shape index (κ1) is 11.0. The molecule has 1 aromatic heterocycles. The van der Waals surface area contributed by atoms with Crippen LogP contribution < -0.4 is 5.73 Å². The van der Waals surface area contributed by atoms with E-state index in [-0.39, 0.29) is 0 Å². The van der Waals surface area contributed by atoms with E-state index < -0.39 is 0 Å². The monoisotopic (exact) mass is 287 g/mol. The Morgan fingerprint density at radius 2 is 2.47 bits per heavy atom. The Morgan fingerprint density at radius 3 is 3.00 bits per heavy atom. The van der Waals surface area contributed by atoms with Gasteiger partial charge in [-0.1, -0.05) is 0 Å². The lowest BCUT2D eigenvalue weighted by molar-refractivity contribution is 0.487. The van der Waals surface area contributed by atoms with Gasteiger partial charge in [-0.15, -0.1) is 11.3 Å². The summed E-state index contributed by atoms with van der Waals surface area (Å²) >= 11 is 5.18. The van der Waals surface area contributed by atoms with Gasteiger partial charge in [-0.2, -0.15) is 0 Å². The zero-order valence-electron chi connectivity index (χ0n) is 8.61. The summed E-state index contributed by atoms with van der Waals surface area (Å²) in [4.78, 5) is 7.68. The van der Waals surface area contributed by atoms with Gasteiger partial charge < -0.3 is 10.6 Å². The molecule has 1 fully saturated rings. The van der Waals surface area contributed by atoms with Crippen LogP contribution in [0.2, 0.25) is 0 Å². The lowest BCUT2D eigenvalue weighted by atomic mass is 10.5. The van der Waals surface area contributed by atoms with Crippen molar-refractivity contribution in [2.45, 2.75) is 25.4 Å². The molecule has 1 aromatic rings. The first-order chi connectivity index (χ1) is 7.18. The van der Waals surface area contributed by atoms with Crippen molar-refractivity contribution in [2.24, 2.45) is 10.7 Å². The summed E-state index contributed by atoms with van der Waals surface area (Å²) in [5.41, 5.74) is 5.89. The van der Waals surface area contributed by atoms with Crippen LogP contribution in [0, 0.1) is 0 Å². The third-order valence-electron chi connectivity index (χ3n) is 2.53. The predicted octanol–water partition coefficient (Wildman–Crippen LogP) is 2.42. The van der Waals surface area contributed by atoms with E-state index in [1.165, 1.54) is 17.7 Å². The van der Waals surface area contributed by atoms with Gasteiger partial charge in [0.05, 0.1) is 6.54 Å². The first-order valence-corrected chi connectivity index (χ1v) is 6.60. The zero-order valence-corrected chi connectivity index (χ0v) is 11.0. The zero-order chi connectivity index (χ0) is 10.8. The summed E-state index contributed by atoms with van der Waals surface area (Å²) in [7, 11) is 2.01. The largest absolute Gasteiger partial charge is 0.370 e. The summed E-state index contributed by atoms with van der Waals surface area (Å²) in [5, 5.41) is 2.05. The molecule has 5 heteroatoms. The number of thiophene rings is 1. The maximum atomic E-state index is 5.89. The van der Waals surface area contributed by atoms with Crippen molar-refractivity contribution in [1.82, 2.24) is 4.90 Å². The van der Waals surface area contributed by atoms with E-state index in [1.54, 1.807) is 11.3 Å². The van der Waals surface area contributed by atoms with Crippen LogP contribution in [0.3, 0.4) is 0 Å². The maximum Gasteiger partial charge on any atom is 0.191 e. The van der Waals surface area contributed by atoms with Crippen LogP contribution in [0.4, 0.5) is 0 Å². The molecule has 0 atom stereocenters. The van der Waals surface area contributed by atoms with E-state index in [2.05, 4.69) is 31.2 Å². The molecule has 15 heavy (non-hydrogen) atoms. The quantitative estimate of drug-likeness (QED) is 0.685. The van der Waals surface area contributed by atoms with Gasteiger partial charge in [-0.3, -0.25) is 0 Å². The second-order valence-electron chi connectivity index (χ2n) is 3.71. The SMILES string of the molecule is CN(C(N)=NCc1sccc1Br)C1CC1. The summed E-state index contributed by atoms with van der Waals surface area (Å²) in [6.45, 7) is 0.668. The lowest BCUT2D eigenvalue weighted by Gasteiger charge is -2.16. The molecule has 0 amide bonds. The van der Waals surface area contributed by atoms with Gasteiger partial charge in [0.15, 0.2) is 5.96 Å². The number of guanidine groups is 1. The van der Waals surface area contributed by atoms with Gasteiger partial charge in [-0.05, 0) is 40.2 Å². The summed E-state index contributed by atoms with van der Waals surface area (Å²) in [6, 6.07) is 2.66. The molecule has 0 radical (unpaired) electrons.